The molecular weight excluding hydrogens is 222 g/mol. The summed E-state index contributed by atoms with van der Waals surface area (Å²) in [7, 11) is 0. The van der Waals surface area contributed by atoms with Crippen molar-refractivity contribution in [2.24, 2.45) is 4.99 Å². The van der Waals surface area contributed by atoms with E-state index in [1.807, 2.05) is 0 Å². The highest BCUT2D eigenvalue weighted by Gasteiger charge is 2.09. The lowest BCUT2D eigenvalue weighted by Gasteiger charge is -1.91. The predicted molar refractivity (Wildman–Crippen MR) is 52.7 cm³/mol. The Morgan fingerprint density at radius 1 is 1.45 bits per heavy atom. The van der Waals surface area contributed by atoms with Gasteiger partial charge in [0, 0.05) is 11.4 Å². The molecule has 1 aliphatic rings. The van der Waals surface area contributed by atoms with Gasteiger partial charge >= 0.3 is 0 Å². The molecule has 3 heteroatoms. The first-order chi connectivity index (χ1) is 5.36. The standard InChI is InChI=1S/C8H8BrNS/c9-8-4-3-7(11-8)6-2-1-5-10-6/h3-4H,1-2,5H2. The van der Waals surface area contributed by atoms with Crippen molar-refractivity contribution in [3.05, 3.63) is 20.8 Å². The van der Waals surface area contributed by atoms with Crippen LogP contribution in [0.4, 0.5) is 0 Å². The SMILES string of the molecule is Brc1ccc(C2=NCCC2)s1. The Labute approximate surface area is 78.3 Å². The fourth-order valence-corrected chi connectivity index (χ4v) is 2.63. The molecule has 0 radical (unpaired) electrons. The van der Waals surface area contributed by atoms with Crippen LogP contribution in [0.15, 0.2) is 20.9 Å². The van der Waals surface area contributed by atoms with Crippen LogP contribution >= 0.6 is 27.3 Å². The maximum Gasteiger partial charge on any atom is 0.0705 e. The molecule has 0 spiro atoms. The zero-order chi connectivity index (χ0) is 7.68. The fourth-order valence-electron chi connectivity index (χ4n) is 1.21. The van der Waals surface area contributed by atoms with Gasteiger partial charge in [0.2, 0.25) is 0 Å². The predicted octanol–water partition coefficient (Wildman–Crippen LogP) is 3.09. The lowest BCUT2D eigenvalue weighted by atomic mass is 10.2. The minimum atomic E-state index is 1.02. The zero-order valence-electron chi connectivity index (χ0n) is 6.01. The highest BCUT2D eigenvalue weighted by atomic mass is 79.9. The summed E-state index contributed by atoms with van der Waals surface area (Å²) in [6, 6.07) is 4.22. The van der Waals surface area contributed by atoms with Crippen molar-refractivity contribution in [3.63, 3.8) is 0 Å². The van der Waals surface area contributed by atoms with Crippen molar-refractivity contribution in [3.8, 4) is 0 Å². The van der Waals surface area contributed by atoms with Crippen LogP contribution in [0.2, 0.25) is 0 Å². The lowest BCUT2D eigenvalue weighted by molar-refractivity contribution is 0.951. The fraction of sp³-hybridized carbons (Fsp3) is 0.375. The zero-order valence-corrected chi connectivity index (χ0v) is 8.41. The monoisotopic (exact) mass is 229 g/mol. The van der Waals surface area contributed by atoms with E-state index in [2.05, 4.69) is 33.1 Å². The van der Waals surface area contributed by atoms with Crippen LogP contribution in [0.5, 0.6) is 0 Å². The molecule has 1 aromatic rings. The Morgan fingerprint density at radius 3 is 2.91 bits per heavy atom. The molecule has 0 unspecified atom stereocenters. The second kappa shape index (κ2) is 3.07. The Kier molecular flexibility index (Phi) is 2.09. The highest BCUT2D eigenvalue weighted by molar-refractivity contribution is 9.11. The van der Waals surface area contributed by atoms with Gasteiger partial charge in [0.1, 0.15) is 0 Å². The summed E-state index contributed by atoms with van der Waals surface area (Å²) in [6.45, 7) is 1.02. The summed E-state index contributed by atoms with van der Waals surface area (Å²) in [5, 5.41) is 0. The number of hydrogen-bond acceptors (Lipinski definition) is 2. The summed E-state index contributed by atoms with van der Waals surface area (Å²) in [5.41, 5.74) is 1.29. The van der Waals surface area contributed by atoms with E-state index >= 15 is 0 Å². The number of hydrogen-bond donors (Lipinski definition) is 0. The molecule has 1 nitrogen and oxygen atoms in total. The van der Waals surface area contributed by atoms with Crippen molar-refractivity contribution in [1.29, 1.82) is 0 Å². The molecule has 0 aliphatic carbocycles. The second-order valence-corrected chi connectivity index (χ2v) is 5.00. The molecule has 0 aromatic carbocycles. The van der Waals surface area contributed by atoms with E-state index < -0.39 is 0 Å². The number of aliphatic imine (C=N–C) groups is 1. The van der Waals surface area contributed by atoms with Crippen LogP contribution in [0.3, 0.4) is 0 Å². The van der Waals surface area contributed by atoms with E-state index in [-0.39, 0.29) is 0 Å². The van der Waals surface area contributed by atoms with E-state index in [9.17, 15) is 0 Å². The third-order valence-electron chi connectivity index (χ3n) is 1.73. The molecule has 0 fully saturated rings. The van der Waals surface area contributed by atoms with Crippen LogP contribution in [-0.2, 0) is 0 Å². The van der Waals surface area contributed by atoms with Crippen molar-refractivity contribution in [1.82, 2.24) is 0 Å². The van der Waals surface area contributed by atoms with Crippen molar-refractivity contribution < 1.29 is 0 Å². The van der Waals surface area contributed by atoms with Gasteiger partial charge in [-0.25, -0.2) is 0 Å². The molecule has 0 N–H and O–H groups in total. The second-order valence-electron chi connectivity index (χ2n) is 2.54. The number of rotatable bonds is 1. The molecular formula is C8H8BrNS. The average molecular weight is 230 g/mol. The molecule has 11 heavy (non-hydrogen) atoms. The van der Waals surface area contributed by atoms with Gasteiger partial charge in [-0.3, -0.25) is 4.99 Å². The normalized spacial score (nSPS) is 17.0. The first-order valence-corrected chi connectivity index (χ1v) is 5.26. The third-order valence-corrected chi connectivity index (χ3v) is 3.40. The number of halogens is 1. The van der Waals surface area contributed by atoms with Gasteiger partial charge in [0.25, 0.3) is 0 Å². The van der Waals surface area contributed by atoms with Crippen molar-refractivity contribution in [2.75, 3.05) is 6.54 Å². The number of nitrogens with zero attached hydrogens (tertiary/aromatic N) is 1. The van der Waals surface area contributed by atoms with Crippen molar-refractivity contribution in [2.45, 2.75) is 12.8 Å². The smallest absolute Gasteiger partial charge is 0.0705 e. The van der Waals surface area contributed by atoms with Crippen LogP contribution in [0.25, 0.3) is 0 Å². The molecule has 2 heterocycles. The first kappa shape index (κ1) is 7.50. The number of thiophene rings is 1. The van der Waals surface area contributed by atoms with E-state index in [1.165, 1.54) is 20.8 Å². The Morgan fingerprint density at radius 2 is 2.36 bits per heavy atom. The van der Waals surface area contributed by atoms with E-state index in [4.69, 9.17) is 0 Å². The average Bonchev–Trinajstić information content (AvgIpc) is 2.55. The van der Waals surface area contributed by atoms with Crippen LogP contribution in [0.1, 0.15) is 17.7 Å². The summed E-state index contributed by atoms with van der Waals surface area (Å²) in [6.07, 6.45) is 2.39. The van der Waals surface area contributed by atoms with Gasteiger partial charge in [0.15, 0.2) is 0 Å². The van der Waals surface area contributed by atoms with Crippen LogP contribution in [0, 0.1) is 0 Å². The Hall–Kier alpha value is -0.150. The van der Waals surface area contributed by atoms with Crippen LogP contribution in [-0.4, -0.2) is 12.3 Å². The Bertz CT molecular complexity index is 290. The molecule has 0 bridgehead atoms. The van der Waals surface area contributed by atoms with E-state index in [0.29, 0.717) is 0 Å². The largest absolute Gasteiger partial charge is 0.288 e. The van der Waals surface area contributed by atoms with Gasteiger partial charge in [-0.15, -0.1) is 11.3 Å². The van der Waals surface area contributed by atoms with Crippen LogP contribution < -0.4 is 0 Å². The summed E-state index contributed by atoms with van der Waals surface area (Å²) in [4.78, 5) is 5.75. The van der Waals surface area contributed by atoms with E-state index in [0.717, 1.165) is 13.0 Å². The van der Waals surface area contributed by atoms with Gasteiger partial charge in [-0.05, 0) is 40.9 Å². The minimum Gasteiger partial charge on any atom is -0.288 e. The third kappa shape index (κ3) is 1.54. The van der Waals surface area contributed by atoms with Gasteiger partial charge in [-0.2, -0.15) is 0 Å². The summed E-state index contributed by atoms with van der Waals surface area (Å²) >= 11 is 5.21. The Balaban J connectivity index is 2.28. The minimum absolute atomic E-state index is 1.02. The molecule has 0 amide bonds. The van der Waals surface area contributed by atoms with Gasteiger partial charge in [0.05, 0.1) is 9.50 Å². The molecule has 0 atom stereocenters. The quantitative estimate of drug-likeness (QED) is 0.702. The highest BCUT2D eigenvalue weighted by Crippen LogP contribution is 2.25. The molecule has 2 rings (SSSR count). The maximum atomic E-state index is 4.43. The summed E-state index contributed by atoms with van der Waals surface area (Å²) < 4.78 is 1.20. The first-order valence-electron chi connectivity index (χ1n) is 3.65. The molecule has 0 saturated carbocycles. The lowest BCUT2D eigenvalue weighted by Crippen LogP contribution is -1.89. The van der Waals surface area contributed by atoms with E-state index in [1.54, 1.807) is 11.3 Å². The van der Waals surface area contributed by atoms with Gasteiger partial charge < -0.3 is 0 Å². The van der Waals surface area contributed by atoms with Crippen molar-refractivity contribution >= 4 is 33.0 Å². The molecule has 58 valence electrons. The summed E-state index contributed by atoms with van der Waals surface area (Å²) in [5.74, 6) is 0. The maximum absolute atomic E-state index is 4.43. The van der Waals surface area contributed by atoms with Gasteiger partial charge in [-0.1, -0.05) is 0 Å². The molecule has 1 aromatic heterocycles. The molecule has 0 saturated heterocycles. The molecule has 1 aliphatic heterocycles. The topological polar surface area (TPSA) is 12.4 Å².